The van der Waals surface area contributed by atoms with Crippen LogP contribution in [0, 0.1) is 0 Å². The molecule has 0 spiro atoms. The molecule has 1 unspecified atom stereocenters. The van der Waals surface area contributed by atoms with Crippen LogP contribution in [0.15, 0.2) is 39.0 Å². The third kappa shape index (κ3) is 8.74. The van der Waals surface area contributed by atoms with Crippen LogP contribution < -0.4 is 16.7 Å². The molecule has 0 radical (unpaired) electrons. The summed E-state index contributed by atoms with van der Waals surface area (Å²) in [6, 6.07) is 5.87. The number of nitrogens with zero attached hydrogens (tertiary/aromatic N) is 3. The van der Waals surface area contributed by atoms with Crippen LogP contribution in [0.3, 0.4) is 0 Å². The van der Waals surface area contributed by atoms with Gasteiger partial charge in [-0.25, -0.2) is 23.7 Å². The Morgan fingerprint density at radius 3 is 2.37 bits per heavy atom. The number of amides is 1. The smallest absolute Gasteiger partial charge is 0.408 e. The predicted molar refractivity (Wildman–Crippen MR) is 134 cm³/mol. The van der Waals surface area contributed by atoms with E-state index < -0.39 is 35.1 Å². The zero-order chi connectivity index (χ0) is 26.2. The summed E-state index contributed by atoms with van der Waals surface area (Å²) in [5.74, 6) is -0.0830. The summed E-state index contributed by atoms with van der Waals surface area (Å²) in [7, 11) is 0. The maximum Gasteiger partial charge on any atom is 0.408 e. The van der Waals surface area contributed by atoms with Crippen molar-refractivity contribution in [1.29, 1.82) is 0 Å². The molecule has 1 heterocycles. The zero-order valence-corrected chi connectivity index (χ0v) is 22.1. The van der Waals surface area contributed by atoms with Crippen LogP contribution in [0.1, 0.15) is 46.6 Å². The van der Waals surface area contributed by atoms with E-state index in [0.29, 0.717) is 15.9 Å². The van der Waals surface area contributed by atoms with Crippen molar-refractivity contribution in [3.8, 4) is 0 Å². The number of carbonyl (C=O) groups is 2. The number of thioether (sulfide) groups is 1. The minimum atomic E-state index is -1.12. The normalized spacial score (nSPS) is 12.2. The minimum absolute atomic E-state index is 0.0733. The van der Waals surface area contributed by atoms with Crippen LogP contribution in [0.5, 0.6) is 0 Å². The van der Waals surface area contributed by atoms with Gasteiger partial charge in [0.2, 0.25) is 0 Å². The van der Waals surface area contributed by atoms with Crippen molar-refractivity contribution in [1.82, 2.24) is 19.4 Å². The van der Waals surface area contributed by atoms with Gasteiger partial charge in [-0.05, 0) is 57.6 Å². The Balaban J connectivity index is 2.34. The minimum Gasteiger partial charge on any atom is -0.464 e. The summed E-state index contributed by atoms with van der Waals surface area (Å²) in [6.07, 6.45) is -0.883. The molecular formula is C23H31ClN4O6S. The first-order valence-electron chi connectivity index (χ1n) is 11.2. The Labute approximate surface area is 213 Å². The Morgan fingerprint density at radius 2 is 1.80 bits per heavy atom. The molecular weight excluding hydrogens is 496 g/mol. The predicted octanol–water partition coefficient (Wildman–Crippen LogP) is 3.07. The average Bonchev–Trinajstić information content (AvgIpc) is 2.75. The van der Waals surface area contributed by atoms with E-state index in [4.69, 9.17) is 21.1 Å². The topological polar surface area (TPSA) is 122 Å². The second-order valence-electron chi connectivity index (χ2n) is 8.50. The highest BCUT2D eigenvalue weighted by Crippen LogP contribution is 2.15. The van der Waals surface area contributed by atoms with Gasteiger partial charge in [-0.15, -0.1) is 0 Å². The number of ether oxygens (including phenoxy) is 2. The Bertz CT molecular complexity index is 1140. The lowest BCUT2D eigenvalue weighted by molar-refractivity contribution is -0.145. The fourth-order valence-corrected chi connectivity index (χ4v) is 3.88. The van der Waals surface area contributed by atoms with Crippen molar-refractivity contribution < 1.29 is 19.1 Å². The molecule has 1 aromatic carbocycles. The van der Waals surface area contributed by atoms with Gasteiger partial charge >= 0.3 is 23.4 Å². The molecule has 1 aromatic heterocycles. The van der Waals surface area contributed by atoms with Gasteiger partial charge < -0.3 is 14.8 Å². The van der Waals surface area contributed by atoms with Crippen LogP contribution >= 0.6 is 23.4 Å². The van der Waals surface area contributed by atoms with Crippen molar-refractivity contribution >= 4 is 35.4 Å². The third-order valence-electron chi connectivity index (χ3n) is 4.55. The van der Waals surface area contributed by atoms with E-state index >= 15 is 0 Å². The first kappa shape index (κ1) is 28.4. The van der Waals surface area contributed by atoms with E-state index in [0.717, 1.165) is 10.1 Å². The standard InChI is InChI=1S/C23H31ClN4O6S/c1-6-33-18(29)17(25-21(31)34-23(3,4)5)12-13-27-19(30)26-20(35-7-2)28(22(27)32)14-15-8-10-16(24)11-9-15/h8-11,17H,6-7,12-14H2,1-5H3,(H,25,31). The average molecular weight is 527 g/mol. The Hall–Kier alpha value is -2.79. The number of hydrogen-bond acceptors (Lipinski definition) is 8. The molecule has 2 rings (SSSR count). The highest BCUT2D eigenvalue weighted by Gasteiger charge is 2.26. The number of rotatable bonds is 10. The lowest BCUT2D eigenvalue weighted by Gasteiger charge is -2.23. The molecule has 0 fully saturated rings. The van der Waals surface area contributed by atoms with Crippen LogP contribution in [0.25, 0.3) is 0 Å². The maximum atomic E-state index is 13.3. The van der Waals surface area contributed by atoms with Gasteiger partial charge in [0.15, 0.2) is 5.16 Å². The summed E-state index contributed by atoms with van der Waals surface area (Å²) in [6.45, 7) is 8.72. The summed E-state index contributed by atoms with van der Waals surface area (Å²) in [5.41, 5.74) is -1.28. The van der Waals surface area contributed by atoms with Gasteiger partial charge in [0.25, 0.3) is 0 Å². The first-order chi connectivity index (χ1) is 16.4. The van der Waals surface area contributed by atoms with E-state index in [1.807, 2.05) is 6.92 Å². The molecule has 10 nitrogen and oxygen atoms in total. The monoisotopic (exact) mass is 526 g/mol. The van der Waals surface area contributed by atoms with Crippen LogP contribution in [-0.4, -0.2) is 50.2 Å². The summed E-state index contributed by atoms with van der Waals surface area (Å²) in [4.78, 5) is 54.7. The SMILES string of the molecule is CCOC(=O)C(CCn1c(=O)nc(SCC)n(Cc2ccc(Cl)cc2)c1=O)NC(=O)OC(C)(C)C. The van der Waals surface area contributed by atoms with Gasteiger partial charge in [-0.3, -0.25) is 4.57 Å². The molecule has 0 aliphatic heterocycles. The molecule has 1 amide bonds. The van der Waals surface area contributed by atoms with Gasteiger partial charge in [0, 0.05) is 11.6 Å². The van der Waals surface area contributed by atoms with Gasteiger partial charge in [0.05, 0.1) is 13.2 Å². The number of carbonyl (C=O) groups excluding carboxylic acids is 2. The fourth-order valence-electron chi connectivity index (χ4n) is 3.05. The zero-order valence-electron chi connectivity index (χ0n) is 20.5. The Kier molecular flexibility index (Phi) is 10.4. The third-order valence-corrected chi connectivity index (χ3v) is 5.66. The van der Waals surface area contributed by atoms with Gasteiger partial charge in [-0.2, -0.15) is 4.98 Å². The number of alkyl carbamates (subject to hydrolysis) is 1. The molecule has 0 aliphatic carbocycles. The molecule has 2 aromatic rings. The van der Waals surface area contributed by atoms with Crippen LogP contribution in [0.4, 0.5) is 4.79 Å². The molecule has 12 heteroatoms. The quantitative estimate of drug-likeness (QED) is 0.370. The number of aromatic nitrogens is 3. The first-order valence-corrected chi connectivity index (χ1v) is 12.6. The number of benzene rings is 1. The Morgan fingerprint density at radius 1 is 1.14 bits per heavy atom. The highest BCUT2D eigenvalue weighted by atomic mass is 35.5. The summed E-state index contributed by atoms with van der Waals surface area (Å²) < 4.78 is 12.6. The molecule has 0 saturated heterocycles. The summed E-state index contributed by atoms with van der Waals surface area (Å²) in [5, 5.41) is 3.32. The molecule has 1 atom stereocenters. The van der Waals surface area contributed by atoms with Crippen molar-refractivity contribution in [3.63, 3.8) is 0 Å². The lowest BCUT2D eigenvalue weighted by Crippen LogP contribution is -2.47. The number of halogens is 1. The number of nitrogens with one attached hydrogen (secondary N) is 1. The molecule has 0 saturated carbocycles. The largest absolute Gasteiger partial charge is 0.464 e. The molecule has 35 heavy (non-hydrogen) atoms. The molecule has 0 bridgehead atoms. The van der Waals surface area contributed by atoms with Gasteiger partial charge in [0.1, 0.15) is 11.6 Å². The lowest BCUT2D eigenvalue weighted by atomic mass is 10.2. The molecule has 0 aliphatic rings. The maximum absolute atomic E-state index is 13.3. The van der Waals surface area contributed by atoms with Crippen molar-refractivity contribution in [2.45, 2.75) is 70.9 Å². The van der Waals surface area contributed by atoms with Crippen LogP contribution in [-0.2, 0) is 27.4 Å². The second kappa shape index (κ2) is 12.8. The fraction of sp³-hybridized carbons (Fsp3) is 0.522. The number of hydrogen-bond donors (Lipinski definition) is 1. The van der Waals surface area contributed by atoms with E-state index in [9.17, 15) is 19.2 Å². The number of esters is 1. The van der Waals surface area contributed by atoms with Crippen molar-refractivity contribution in [3.05, 3.63) is 55.8 Å². The van der Waals surface area contributed by atoms with Crippen molar-refractivity contribution in [2.24, 2.45) is 0 Å². The highest BCUT2D eigenvalue weighted by molar-refractivity contribution is 7.99. The summed E-state index contributed by atoms with van der Waals surface area (Å²) >= 11 is 7.23. The molecule has 192 valence electrons. The van der Waals surface area contributed by atoms with Crippen molar-refractivity contribution in [2.75, 3.05) is 12.4 Å². The van der Waals surface area contributed by atoms with E-state index in [2.05, 4.69) is 10.3 Å². The van der Waals surface area contributed by atoms with E-state index in [-0.39, 0.29) is 26.1 Å². The second-order valence-corrected chi connectivity index (χ2v) is 10.2. The van der Waals surface area contributed by atoms with Gasteiger partial charge in [-0.1, -0.05) is 42.4 Å². The van der Waals surface area contributed by atoms with E-state index in [1.165, 1.54) is 16.3 Å². The van der Waals surface area contributed by atoms with E-state index in [1.54, 1.807) is 52.0 Å². The molecule has 1 N–H and O–H groups in total. The van der Waals surface area contributed by atoms with Crippen LogP contribution in [0.2, 0.25) is 5.02 Å².